The number of hydrogen-bond donors (Lipinski definition) is 0. The van der Waals surface area contributed by atoms with Gasteiger partial charge in [-0.1, -0.05) is 27.7 Å². The molecule has 0 saturated carbocycles. The SMILES string of the molecule is CC(C)c1ooc1C(=O)OC(C)(C)OC(=O)OC(C)(C)OC(=O)c1ooc1C(C)C. The second-order valence-electron chi connectivity index (χ2n) is 8.06. The molecule has 2 aromatic rings. The number of rotatable bonds is 8. The van der Waals surface area contributed by atoms with Crippen molar-refractivity contribution in [2.75, 3.05) is 0 Å². The van der Waals surface area contributed by atoms with E-state index in [4.69, 9.17) is 28.1 Å². The quantitative estimate of drug-likeness (QED) is 0.319. The van der Waals surface area contributed by atoms with Crippen molar-refractivity contribution < 1.29 is 51.6 Å². The highest BCUT2D eigenvalue weighted by molar-refractivity contribution is 5.88. The topological polar surface area (TPSA) is 141 Å². The maximum absolute atomic E-state index is 12.2. The van der Waals surface area contributed by atoms with Gasteiger partial charge < -0.3 is 18.9 Å². The fraction of sp³-hybridized carbons (Fsp3) is 0.632. The van der Waals surface area contributed by atoms with Crippen molar-refractivity contribution in [1.82, 2.24) is 0 Å². The van der Waals surface area contributed by atoms with Gasteiger partial charge in [-0.15, -0.1) is 0 Å². The molecular formula is C19H26O11. The molecule has 0 radical (unpaired) electrons. The Kier molecular flexibility index (Phi) is 6.43. The minimum absolute atomic E-state index is 0.0952. The third-order valence-electron chi connectivity index (χ3n) is 3.63. The van der Waals surface area contributed by atoms with E-state index in [1.807, 2.05) is 0 Å². The van der Waals surface area contributed by atoms with Gasteiger partial charge in [0.15, 0.2) is 0 Å². The molecule has 0 saturated heterocycles. The van der Waals surface area contributed by atoms with E-state index < -0.39 is 29.7 Å². The van der Waals surface area contributed by atoms with Crippen LogP contribution < -0.4 is 0 Å². The summed E-state index contributed by atoms with van der Waals surface area (Å²) in [7, 11) is 0. The van der Waals surface area contributed by atoms with E-state index in [1.165, 1.54) is 27.7 Å². The minimum Gasteiger partial charge on any atom is -0.417 e. The number of carbonyl (C=O) groups excluding carboxylic acids is 3. The molecule has 0 bridgehead atoms. The van der Waals surface area contributed by atoms with E-state index in [2.05, 4.69) is 9.15 Å². The van der Waals surface area contributed by atoms with Crippen LogP contribution in [-0.2, 0) is 18.9 Å². The predicted octanol–water partition coefficient (Wildman–Crippen LogP) is 4.94. The lowest BCUT2D eigenvalue weighted by molar-refractivity contribution is -0.201. The summed E-state index contributed by atoms with van der Waals surface area (Å²) in [4.78, 5) is 36.4. The van der Waals surface area contributed by atoms with E-state index in [0.717, 1.165) is 0 Å². The van der Waals surface area contributed by atoms with Crippen molar-refractivity contribution in [2.45, 2.75) is 78.8 Å². The van der Waals surface area contributed by atoms with Gasteiger partial charge in [0, 0.05) is 39.5 Å². The highest BCUT2D eigenvalue weighted by Gasteiger charge is 2.38. The van der Waals surface area contributed by atoms with Crippen molar-refractivity contribution in [3.8, 4) is 0 Å². The molecule has 0 fully saturated rings. The van der Waals surface area contributed by atoms with Gasteiger partial charge >= 0.3 is 29.6 Å². The molecule has 11 heteroatoms. The Bertz CT molecular complexity index is 813. The normalized spacial score (nSPS) is 12.3. The summed E-state index contributed by atoms with van der Waals surface area (Å²) >= 11 is 0. The van der Waals surface area contributed by atoms with Crippen LogP contribution in [0.4, 0.5) is 4.79 Å². The van der Waals surface area contributed by atoms with Gasteiger partial charge in [-0.25, -0.2) is 14.4 Å². The second kappa shape index (κ2) is 8.33. The molecule has 0 amide bonds. The Morgan fingerprint density at radius 2 is 0.967 bits per heavy atom. The lowest BCUT2D eigenvalue weighted by Crippen LogP contribution is -2.39. The molecule has 0 aliphatic carbocycles. The van der Waals surface area contributed by atoms with Crippen LogP contribution in [0.25, 0.3) is 0 Å². The molecule has 2 rings (SSSR count). The first-order chi connectivity index (χ1) is 13.7. The summed E-state index contributed by atoms with van der Waals surface area (Å²) in [5, 5.41) is 0. The average molecular weight is 430 g/mol. The van der Waals surface area contributed by atoms with Crippen molar-refractivity contribution in [1.29, 1.82) is 0 Å². The Hall–Kier alpha value is -3.11. The summed E-state index contributed by atoms with van der Waals surface area (Å²) in [5.41, 5.74) is 0. The fourth-order valence-electron chi connectivity index (χ4n) is 2.25. The first-order valence-electron chi connectivity index (χ1n) is 9.28. The zero-order valence-corrected chi connectivity index (χ0v) is 18.1. The molecule has 0 spiro atoms. The van der Waals surface area contributed by atoms with Crippen LogP contribution in [0.2, 0.25) is 0 Å². The molecule has 168 valence electrons. The van der Waals surface area contributed by atoms with E-state index >= 15 is 0 Å². The molecular weight excluding hydrogens is 404 g/mol. The highest BCUT2D eigenvalue weighted by atomic mass is 17.0. The first kappa shape index (κ1) is 23.2. The van der Waals surface area contributed by atoms with Crippen molar-refractivity contribution in [2.24, 2.45) is 0 Å². The Labute approximate surface area is 172 Å². The fourth-order valence-corrected chi connectivity index (χ4v) is 2.25. The second-order valence-corrected chi connectivity index (χ2v) is 8.06. The lowest BCUT2D eigenvalue weighted by Gasteiger charge is -2.28. The van der Waals surface area contributed by atoms with E-state index in [0.29, 0.717) is 11.5 Å². The highest BCUT2D eigenvalue weighted by Crippen LogP contribution is 2.28. The molecule has 0 atom stereocenters. The molecule has 2 aromatic heterocycles. The van der Waals surface area contributed by atoms with Gasteiger partial charge in [-0.3, -0.25) is 18.3 Å². The summed E-state index contributed by atoms with van der Waals surface area (Å²) in [6.07, 6.45) is -1.24. The van der Waals surface area contributed by atoms with E-state index in [9.17, 15) is 14.4 Å². The van der Waals surface area contributed by atoms with Crippen LogP contribution in [0.3, 0.4) is 0 Å². The minimum atomic E-state index is -1.71. The molecule has 11 nitrogen and oxygen atoms in total. The van der Waals surface area contributed by atoms with Crippen LogP contribution in [0, 0.1) is 0 Å². The largest absolute Gasteiger partial charge is 0.514 e. The van der Waals surface area contributed by atoms with Crippen molar-refractivity contribution >= 4 is 18.1 Å². The third-order valence-corrected chi connectivity index (χ3v) is 3.63. The summed E-state index contributed by atoms with van der Waals surface area (Å²) in [5.74, 6) is -4.92. The van der Waals surface area contributed by atoms with Crippen molar-refractivity contribution in [3.05, 3.63) is 23.0 Å². The van der Waals surface area contributed by atoms with Crippen LogP contribution >= 0.6 is 0 Å². The third kappa shape index (κ3) is 5.49. The number of hydrogen-bond acceptors (Lipinski definition) is 11. The summed E-state index contributed by atoms with van der Waals surface area (Å²) in [6, 6.07) is 0. The zero-order valence-electron chi connectivity index (χ0n) is 18.1. The maximum Gasteiger partial charge on any atom is 0.514 e. The van der Waals surface area contributed by atoms with Gasteiger partial charge in [-0.2, -0.15) is 0 Å². The molecule has 0 aliphatic rings. The standard InChI is InChI=1S/C19H26O11/c1-9(2)11-13(29-27-11)15(20)23-18(5,6)25-17(22)26-19(7,8)24-16(21)14-12(10(3)4)28-30-14/h9-10H,1-8H3. The zero-order chi connectivity index (χ0) is 22.9. The van der Waals surface area contributed by atoms with Gasteiger partial charge in [0.05, 0.1) is 0 Å². The Morgan fingerprint density at radius 1 is 0.633 bits per heavy atom. The molecule has 0 aromatic carbocycles. The number of ether oxygens (including phenoxy) is 4. The van der Waals surface area contributed by atoms with Gasteiger partial charge in [0.1, 0.15) is 0 Å². The van der Waals surface area contributed by atoms with E-state index in [-0.39, 0.29) is 23.4 Å². The molecule has 30 heavy (non-hydrogen) atoms. The van der Waals surface area contributed by atoms with Gasteiger partial charge in [0.2, 0.25) is 11.5 Å². The summed E-state index contributed by atoms with van der Waals surface area (Å²) < 4.78 is 39.1. The van der Waals surface area contributed by atoms with Crippen LogP contribution in [0.15, 0.2) is 18.3 Å². The average Bonchev–Trinajstić information content (AvgIpc) is 2.39. The Morgan fingerprint density at radius 3 is 1.20 bits per heavy atom. The first-order valence-corrected chi connectivity index (χ1v) is 9.28. The van der Waals surface area contributed by atoms with Crippen molar-refractivity contribution in [3.63, 3.8) is 0 Å². The molecule has 0 unspecified atom stereocenters. The predicted molar refractivity (Wildman–Crippen MR) is 96.7 cm³/mol. The van der Waals surface area contributed by atoms with Crippen LogP contribution in [0.5, 0.6) is 0 Å². The molecule has 0 aliphatic heterocycles. The van der Waals surface area contributed by atoms with Crippen LogP contribution in [0.1, 0.15) is 99.9 Å². The molecule has 0 N–H and O–H groups in total. The number of carbonyl (C=O) groups is 3. The van der Waals surface area contributed by atoms with E-state index in [1.54, 1.807) is 27.7 Å². The number of esters is 2. The monoisotopic (exact) mass is 430 g/mol. The maximum atomic E-state index is 12.2. The van der Waals surface area contributed by atoms with Crippen LogP contribution in [-0.4, -0.2) is 29.7 Å². The smallest absolute Gasteiger partial charge is 0.417 e. The molecule has 2 heterocycles. The summed E-state index contributed by atoms with van der Waals surface area (Å²) in [6.45, 7) is 12.5. The lowest BCUT2D eigenvalue weighted by atomic mass is 10.1. The van der Waals surface area contributed by atoms with Gasteiger partial charge in [0.25, 0.3) is 11.6 Å². The van der Waals surface area contributed by atoms with Gasteiger partial charge in [-0.05, 0) is 0 Å². The Balaban J connectivity index is 1.91.